The number of piperidine rings is 1. The molecule has 1 aromatic rings. The van der Waals surface area contributed by atoms with Crippen LogP contribution in [0.5, 0.6) is 0 Å². The van der Waals surface area contributed by atoms with E-state index in [2.05, 4.69) is 18.7 Å². The maximum absolute atomic E-state index is 10.9. The van der Waals surface area contributed by atoms with Gasteiger partial charge >= 0.3 is 5.97 Å². The first-order valence-electron chi connectivity index (χ1n) is 6.68. The fourth-order valence-electron chi connectivity index (χ4n) is 2.75. The zero-order valence-electron chi connectivity index (χ0n) is 11.4. The van der Waals surface area contributed by atoms with Crippen LogP contribution in [-0.4, -0.2) is 29.1 Å². The molecule has 19 heavy (non-hydrogen) atoms. The van der Waals surface area contributed by atoms with E-state index in [0.29, 0.717) is 0 Å². The molecule has 0 aromatic heterocycles. The molecular weight excluding hydrogens is 262 g/mol. The third-order valence-electron chi connectivity index (χ3n) is 3.98. The van der Waals surface area contributed by atoms with Gasteiger partial charge in [-0.25, -0.2) is 0 Å². The third kappa shape index (κ3) is 3.48. The van der Waals surface area contributed by atoms with Gasteiger partial charge in [-0.3, -0.25) is 9.69 Å². The number of carbonyl (C=O) groups is 1. The van der Waals surface area contributed by atoms with Crippen molar-refractivity contribution in [1.29, 1.82) is 0 Å². The first kappa shape index (κ1) is 14.4. The number of likely N-dealkylation sites (tertiary alicyclic amines) is 1. The smallest absolute Gasteiger partial charge is 0.306 e. The van der Waals surface area contributed by atoms with Crippen LogP contribution in [0.1, 0.15) is 29.5 Å². The zero-order chi connectivity index (χ0) is 14.0. The van der Waals surface area contributed by atoms with E-state index in [1.54, 1.807) is 0 Å². The van der Waals surface area contributed by atoms with Gasteiger partial charge in [0, 0.05) is 11.6 Å². The van der Waals surface area contributed by atoms with Gasteiger partial charge in [-0.2, -0.15) is 0 Å². The van der Waals surface area contributed by atoms with Crippen molar-refractivity contribution in [3.05, 3.63) is 33.8 Å². The highest BCUT2D eigenvalue weighted by molar-refractivity contribution is 6.30. The Balaban J connectivity index is 2.02. The van der Waals surface area contributed by atoms with E-state index in [4.69, 9.17) is 16.7 Å². The summed E-state index contributed by atoms with van der Waals surface area (Å²) in [6.45, 7) is 6.77. The molecule has 1 N–H and O–H groups in total. The summed E-state index contributed by atoms with van der Waals surface area (Å²) >= 11 is 6.04. The highest BCUT2D eigenvalue weighted by atomic mass is 35.5. The molecule has 0 saturated carbocycles. The second-order valence-electron chi connectivity index (χ2n) is 5.41. The van der Waals surface area contributed by atoms with Crippen molar-refractivity contribution in [2.45, 2.75) is 33.2 Å². The zero-order valence-corrected chi connectivity index (χ0v) is 12.2. The molecule has 4 heteroatoms. The Labute approximate surface area is 119 Å². The average Bonchev–Trinajstić information content (AvgIpc) is 2.34. The van der Waals surface area contributed by atoms with Crippen LogP contribution < -0.4 is 0 Å². The van der Waals surface area contributed by atoms with Gasteiger partial charge in [-0.05, 0) is 68.6 Å². The second kappa shape index (κ2) is 5.93. The molecule has 1 aromatic carbocycles. The van der Waals surface area contributed by atoms with Crippen LogP contribution in [0.15, 0.2) is 12.1 Å². The van der Waals surface area contributed by atoms with Gasteiger partial charge in [-0.15, -0.1) is 0 Å². The number of aryl methyl sites for hydroxylation is 2. The Kier molecular flexibility index (Phi) is 4.48. The number of carboxylic acid groups (broad SMARTS) is 1. The summed E-state index contributed by atoms with van der Waals surface area (Å²) in [6, 6.07) is 3.99. The molecule has 1 heterocycles. The Morgan fingerprint density at radius 2 is 1.84 bits per heavy atom. The normalized spacial score (nSPS) is 17.6. The lowest BCUT2D eigenvalue weighted by atomic mass is 9.95. The lowest BCUT2D eigenvalue weighted by Gasteiger charge is -2.31. The first-order chi connectivity index (χ1) is 8.97. The molecule has 0 aliphatic carbocycles. The fraction of sp³-hybridized carbons (Fsp3) is 0.533. The lowest BCUT2D eigenvalue weighted by Crippen LogP contribution is -2.36. The number of aliphatic carboxylic acids is 1. The largest absolute Gasteiger partial charge is 0.481 e. The van der Waals surface area contributed by atoms with Gasteiger partial charge in [0.2, 0.25) is 0 Å². The molecular formula is C15H20ClNO2. The van der Waals surface area contributed by atoms with E-state index in [9.17, 15) is 4.79 Å². The maximum Gasteiger partial charge on any atom is 0.306 e. The summed E-state index contributed by atoms with van der Waals surface area (Å²) in [4.78, 5) is 13.3. The summed E-state index contributed by atoms with van der Waals surface area (Å²) in [7, 11) is 0. The Morgan fingerprint density at radius 1 is 1.32 bits per heavy atom. The van der Waals surface area contributed by atoms with E-state index in [0.717, 1.165) is 37.5 Å². The van der Waals surface area contributed by atoms with Crippen molar-refractivity contribution >= 4 is 17.6 Å². The average molecular weight is 282 g/mol. The summed E-state index contributed by atoms with van der Waals surface area (Å²) in [5, 5.41) is 9.78. The standard InChI is InChI=1S/C15H20ClNO2/c1-10-7-13(16)8-11(2)14(10)9-17-5-3-12(4-6-17)15(18)19/h7-8,12H,3-6,9H2,1-2H3,(H,18,19). The molecule has 0 atom stereocenters. The van der Waals surface area contributed by atoms with Gasteiger partial charge < -0.3 is 5.11 Å². The van der Waals surface area contributed by atoms with Gasteiger partial charge in [-0.1, -0.05) is 11.6 Å². The van der Waals surface area contributed by atoms with E-state index < -0.39 is 5.97 Å². The van der Waals surface area contributed by atoms with Gasteiger partial charge in [0.15, 0.2) is 0 Å². The quantitative estimate of drug-likeness (QED) is 0.924. The van der Waals surface area contributed by atoms with Crippen molar-refractivity contribution in [2.24, 2.45) is 5.92 Å². The molecule has 1 saturated heterocycles. The van der Waals surface area contributed by atoms with Gasteiger partial charge in [0.25, 0.3) is 0 Å². The van der Waals surface area contributed by atoms with Crippen LogP contribution in [0, 0.1) is 19.8 Å². The molecule has 0 bridgehead atoms. The van der Waals surface area contributed by atoms with Crippen LogP contribution in [0.3, 0.4) is 0 Å². The van der Waals surface area contributed by atoms with E-state index in [-0.39, 0.29) is 5.92 Å². The van der Waals surface area contributed by atoms with Crippen LogP contribution >= 0.6 is 11.6 Å². The van der Waals surface area contributed by atoms with Crippen LogP contribution in [0.2, 0.25) is 5.02 Å². The first-order valence-corrected chi connectivity index (χ1v) is 7.06. The fourth-order valence-corrected chi connectivity index (χ4v) is 3.08. The molecule has 0 spiro atoms. The van der Waals surface area contributed by atoms with Crippen LogP contribution in [0.25, 0.3) is 0 Å². The Bertz CT molecular complexity index is 456. The molecule has 104 valence electrons. The number of carboxylic acids is 1. The molecule has 0 unspecified atom stereocenters. The van der Waals surface area contributed by atoms with E-state index in [1.807, 2.05) is 12.1 Å². The molecule has 3 nitrogen and oxygen atoms in total. The van der Waals surface area contributed by atoms with Crippen LogP contribution in [0.4, 0.5) is 0 Å². The van der Waals surface area contributed by atoms with Crippen LogP contribution in [-0.2, 0) is 11.3 Å². The molecule has 0 radical (unpaired) electrons. The summed E-state index contributed by atoms with van der Waals surface area (Å²) in [5.41, 5.74) is 3.74. The SMILES string of the molecule is Cc1cc(Cl)cc(C)c1CN1CCC(C(=O)O)CC1. The number of rotatable bonds is 3. The molecule has 1 fully saturated rings. The Hall–Kier alpha value is -1.06. The maximum atomic E-state index is 10.9. The van der Waals surface area contributed by atoms with Crippen molar-refractivity contribution in [3.8, 4) is 0 Å². The predicted octanol–water partition coefficient (Wildman–Crippen LogP) is 3.25. The number of hydrogen-bond donors (Lipinski definition) is 1. The molecule has 2 rings (SSSR count). The van der Waals surface area contributed by atoms with Crippen molar-refractivity contribution in [2.75, 3.05) is 13.1 Å². The number of nitrogens with zero attached hydrogens (tertiary/aromatic N) is 1. The highest BCUT2D eigenvalue weighted by Gasteiger charge is 2.24. The van der Waals surface area contributed by atoms with Crippen molar-refractivity contribution < 1.29 is 9.90 Å². The molecule has 1 aliphatic rings. The molecule has 0 amide bonds. The minimum Gasteiger partial charge on any atom is -0.481 e. The highest BCUT2D eigenvalue weighted by Crippen LogP contribution is 2.24. The summed E-state index contributed by atoms with van der Waals surface area (Å²) < 4.78 is 0. The third-order valence-corrected chi connectivity index (χ3v) is 4.20. The monoisotopic (exact) mass is 281 g/mol. The minimum absolute atomic E-state index is 0.163. The van der Waals surface area contributed by atoms with Gasteiger partial charge in [0.1, 0.15) is 0 Å². The predicted molar refractivity (Wildman–Crippen MR) is 76.6 cm³/mol. The van der Waals surface area contributed by atoms with Gasteiger partial charge in [0.05, 0.1) is 5.92 Å². The summed E-state index contributed by atoms with van der Waals surface area (Å²) in [5.74, 6) is -0.817. The Morgan fingerprint density at radius 3 is 2.32 bits per heavy atom. The van der Waals surface area contributed by atoms with E-state index >= 15 is 0 Å². The number of halogens is 1. The van der Waals surface area contributed by atoms with E-state index in [1.165, 1.54) is 16.7 Å². The molecule has 1 aliphatic heterocycles. The van der Waals surface area contributed by atoms with Crippen molar-refractivity contribution in [3.63, 3.8) is 0 Å². The topological polar surface area (TPSA) is 40.5 Å². The van der Waals surface area contributed by atoms with Crippen molar-refractivity contribution in [1.82, 2.24) is 4.90 Å². The number of hydrogen-bond acceptors (Lipinski definition) is 2. The minimum atomic E-state index is -0.654. The number of benzene rings is 1. The second-order valence-corrected chi connectivity index (χ2v) is 5.84. The summed E-state index contributed by atoms with van der Waals surface area (Å²) in [6.07, 6.45) is 1.50. The lowest BCUT2D eigenvalue weighted by molar-refractivity contribution is -0.143.